The van der Waals surface area contributed by atoms with Gasteiger partial charge in [0.25, 0.3) is 0 Å². The first-order chi connectivity index (χ1) is 5.43. The molecule has 0 aromatic carbocycles. The third-order valence-corrected chi connectivity index (χ3v) is 1.58. The van der Waals surface area contributed by atoms with Gasteiger partial charge in [0.2, 0.25) is 0 Å². The minimum Gasteiger partial charge on any atom is -0.463 e. The summed E-state index contributed by atoms with van der Waals surface area (Å²) >= 11 is 0. The van der Waals surface area contributed by atoms with E-state index in [0.717, 1.165) is 6.42 Å². The van der Waals surface area contributed by atoms with Gasteiger partial charge in [-0.05, 0) is 26.2 Å². The van der Waals surface area contributed by atoms with Gasteiger partial charge in [-0.3, -0.25) is 4.79 Å². The van der Waals surface area contributed by atoms with Crippen LogP contribution in [-0.2, 0) is 9.53 Å². The van der Waals surface area contributed by atoms with Gasteiger partial charge in [0, 0.05) is 0 Å². The van der Waals surface area contributed by atoms with Crippen LogP contribution < -0.4 is 0 Å². The molecule has 1 atom stereocenters. The molecule has 0 saturated heterocycles. The van der Waals surface area contributed by atoms with E-state index in [0.29, 0.717) is 5.92 Å². The SMILES string of the molecule is CC(C)C[C@@H](C)C(=O)OC(C)C. The van der Waals surface area contributed by atoms with Crippen molar-refractivity contribution in [2.75, 3.05) is 0 Å². The maximum absolute atomic E-state index is 11.3. The van der Waals surface area contributed by atoms with Gasteiger partial charge in [0.05, 0.1) is 12.0 Å². The second kappa shape index (κ2) is 5.18. The first kappa shape index (κ1) is 11.5. The molecule has 0 aliphatic carbocycles. The van der Waals surface area contributed by atoms with Crippen molar-refractivity contribution in [2.45, 2.75) is 47.1 Å². The van der Waals surface area contributed by atoms with E-state index in [1.54, 1.807) is 0 Å². The summed E-state index contributed by atoms with van der Waals surface area (Å²) in [5.41, 5.74) is 0. The first-order valence-corrected chi connectivity index (χ1v) is 4.64. The third-order valence-electron chi connectivity index (χ3n) is 1.58. The van der Waals surface area contributed by atoms with E-state index in [1.165, 1.54) is 0 Å². The van der Waals surface area contributed by atoms with Crippen molar-refractivity contribution >= 4 is 5.97 Å². The Morgan fingerprint density at radius 2 is 1.67 bits per heavy atom. The molecular formula is C10H20O2. The fraction of sp³-hybridized carbons (Fsp3) is 0.900. The van der Waals surface area contributed by atoms with Crippen LogP contribution in [0.25, 0.3) is 0 Å². The van der Waals surface area contributed by atoms with Crippen molar-refractivity contribution in [1.29, 1.82) is 0 Å². The Bertz CT molecular complexity index is 139. The van der Waals surface area contributed by atoms with E-state index in [9.17, 15) is 4.79 Å². The van der Waals surface area contributed by atoms with Crippen LogP contribution in [0.3, 0.4) is 0 Å². The Balaban J connectivity index is 3.77. The Labute approximate surface area is 75.3 Å². The Morgan fingerprint density at radius 1 is 1.17 bits per heavy atom. The van der Waals surface area contributed by atoms with Crippen molar-refractivity contribution in [1.82, 2.24) is 0 Å². The lowest BCUT2D eigenvalue weighted by Gasteiger charge is -2.15. The van der Waals surface area contributed by atoms with Gasteiger partial charge in [-0.25, -0.2) is 0 Å². The van der Waals surface area contributed by atoms with Crippen LogP contribution >= 0.6 is 0 Å². The number of hydrogen-bond acceptors (Lipinski definition) is 2. The molecule has 0 heterocycles. The molecule has 0 aliphatic rings. The van der Waals surface area contributed by atoms with Gasteiger partial charge in [0.15, 0.2) is 0 Å². The predicted molar refractivity (Wildman–Crippen MR) is 49.8 cm³/mol. The Morgan fingerprint density at radius 3 is 2.00 bits per heavy atom. The average molecular weight is 172 g/mol. The molecule has 0 spiro atoms. The largest absolute Gasteiger partial charge is 0.463 e. The Kier molecular flexibility index (Phi) is 4.95. The molecular weight excluding hydrogens is 152 g/mol. The molecule has 0 radical (unpaired) electrons. The highest BCUT2D eigenvalue weighted by Gasteiger charge is 2.16. The average Bonchev–Trinajstić information content (AvgIpc) is 1.84. The lowest BCUT2D eigenvalue weighted by atomic mass is 9.99. The van der Waals surface area contributed by atoms with Crippen molar-refractivity contribution in [2.24, 2.45) is 11.8 Å². The van der Waals surface area contributed by atoms with Crippen LogP contribution in [0.1, 0.15) is 41.0 Å². The zero-order chi connectivity index (χ0) is 9.72. The number of carbonyl (C=O) groups excluding carboxylic acids is 1. The summed E-state index contributed by atoms with van der Waals surface area (Å²) in [6.07, 6.45) is 0.915. The third kappa shape index (κ3) is 5.16. The summed E-state index contributed by atoms with van der Waals surface area (Å²) in [6.45, 7) is 9.89. The van der Waals surface area contributed by atoms with Crippen molar-refractivity contribution in [3.05, 3.63) is 0 Å². The lowest BCUT2D eigenvalue weighted by molar-refractivity contribution is -0.152. The molecule has 0 saturated carbocycles. The van der Waals surface area contributed by atoms with Crippen LogP contribution in [0, 0.1) is 11.8 Å². The fourth-order valence-electron chi connectivity index (χ4n) is 1.15. The topological polar surface area (TPSA) is 26.3 Å². The van der Waals surface area contributed by atoms with E-state index in [1.807, 2.05) is 20.8 Å². The molecule has 0 bridgehead atoms. The van der Waals surface area contributed by atoms with Crippen LogP contribution in [0.15, 0.2) is 0 Å². The van der Waals surface area contributed by atoms with Crippen LogP contribution in [-0.4, -0.2) is 12.1 Å². The van der Waals surface area contributed by atoms with E-state index >= 15 is 0 Å². The quantitative estimate of drug-likeness (QED) is 0.609. The highest BCUT2D eigenvalue weighted by molar-refractivity contribution is 5.72. The maximum Gasteiger partial charge on any atom is 0.308 e. The molecule has 0 aliphatic heterocycles. The molecule has 0 aromatic rings. The number of ether oxygens (including phenoxy) is 1. The van der Waals surface area contributed by atoms with Gasteiger partial charge >= 0.3 is 5.97 Å². The summed E-state index contributed by atoms with van der Waals surface area (Å²) < 4.78 is 5.07. The van der Waals surface area contributed by atoms with E-state index in [2.05, 4.69) is 13.8 Å². The number of hydrogen-bond donors (Lipinski definition) is 0. The van der Waals surface area contributed by atoms with Gasteiger partial charge < -0.3 is 4.74 Å². The lowest BCUT2D eigenvalue weighted by Crippen LogP contribution is -2.20. The molecule has 0 fully saturated rings. The van der Waals surface area contributed by atoms with Crippen molar-refractivity contribution in [3.8, 4) is 0 Å². The Hall–Kier alpha value is -0.530. The molecule has 72 valence electrons. The minimum absolute atomic E-state index is 0.00659. The zero-order valence-corrected chi connectivity index (χ0v) is 8.76. The van der Waals surface area contributed by atoms with E-state index in [-0.39, 0.29) is 18.0 Å². The monoisotopic (exact) mass is 172 g/mol. The highest BCUT2D eigenvalue weighted by atomic mass is 16.5. The van der Waals surface area contributed by atoms with Crippen LogP contribution in [0.2, 0.25) is 0 Å². The second-order valence-corrected chi connectivity index (χ2v) is 4.02. The molecule has 0 rings (SSSR count). The van der Waals surface area contributed by atoms with Crippen LogP contribution in [0.4, 0.5) is 0 Å². The highest BCUT2D eigenvalue weighted by Crippen LogP contribution is 2.13. The van der Waals surface area contributed by atoms with Gasteiger partial charge in [-0.2, -0.15) is 0 Å². The molecule has 0 N–H and O–H groups in total. The number of rotatable bonds is 4. The van der Waals surface area contributed by atoms with E-state index in [4.69, 9.17) is 4.74 Å². The summed E-state index contributed by atoms with van der Waals surface area (Å²) in [7, 11) is 0. The second-order valence-electron chi connectivity index (χ2n) is 4.02. The normalized spacial score (nSPS) is 13.6. The van der Waals surface area contributed by atoms with Gasteiger partial charge in [-0.15, -0.1) is 0 Å². The number of esters is 1. The molecule has 2 nitrogen and oxygen atoms in total. The van der Waals surface area contributed by atoms with Gasteiger partial charge in [-0.1, -0.05) is 20.8 Å². The van der Waals surface area contributed by atoms with Crippen LogP contribution in [0.5, 0.6) is 0 Å². The van der Waals surface area contributed by atoms with E-state index < -0.39 is 0 Å². The molecule has 0 unspecified atom stereocenters. The summed E-state index contributed by atoms with van der Waals surface area (Å²) in [5.74, 6) is 0.519. The van der Waals surface area contributed by atoms with Gasteiger partial charge in [0.1, 0.15) is 0 Å². The first-order valence-electron chi connectivity index (χ1n) is 4.64. The summed E-state index contributed by atoms with van der Waals surface area (Å²) in [6, 6.07) is 0. The fourth-order valence-corrected chi connectivity index (χ4v) is 1.15. The maximum atomic E-state index is 11.3. The smallest absolute Gasteiger partial charge is 0.308 e. The predicted octanol–water partition coefficient (Wildman–Crippen LogP) is 2.62. The standard InChI is InChI=1S/C10H20O2/c1-7(2)6-9(5)10(11)12-8(3)4/h7-9H,6H2,1-5H3/t9-/m1/s1. The zero-order valence-electron chi connectivity index (χ0n) is 8.76. The molecule has 12 heavy (non-hydrogen) atoms. The van der Waals surface area contributed by atoms with Crippen molar-refractivity contribution in [3.63, 3.8) is 0 Å². The molecule has 0 amide bonds. The summed E-state index contributed by atoms with van der Waals surface area (Å²) in [4.78, 5) is 11.3. The minimum atomic E-state index is -0.0706. The summed E-state index contributed by atoms with van der Waals surface area (Å²) in [5, 5.41) is 0. The van der Waals surface area contributed by atoms with Crippen molar-refractivity contribution < 1.29 is 9.53 Å². The molecule has 2 heteroatoms. The molecule has 0 aromatic heterocycles. The number of carbonyl (C=O) groups is 1.